The van der Waals surface area contributed by atoms with Crippen LogP contribution >= 0.6 is 0 Å². The van der Waals surface area contributed by atoms with Crippen LogP contribution in [0.15, 0.2) is 42.5 Å². The number of phenols is 1. The average Bonchev–Trinajstić information content (AvgIpc) is 2.88. The van der Waals surface area contributed by atoms with Crippen LogP contribution in [0.1, 0.15) is 17.2 Å². The van der Waals surface area contributed by atoms with Crippen molar-refractivity contribution >= 4 is 0 Å². The molecule has 1 unspecified atom stereocenters. The molecule has 4 nitrogen and oxygen atoms in total. The first kappa shape index (κ1) is 12.8. The molecule has 104 valence electrons. The molecule has 2 aromatic carbocycles. The third kappa shape index (κ3) is 2.56. The van der Waals surface area contributed by atoms with Crippen LogP contribution in [0.3, 0.4) is 0 Å². The summed E-state index contributed by atoms with van der Waals surface area (Å²) in [5.74, 6) is 1.86. The molecule has 1 heterocycles. The molecule has 3 rings (SSSR count). The Labute approximate surface area is 118 Å². The van der Waals surface area contributed by atoms with E-state index in [0.29, 0.717) is 6.61 Å². The van der Waals surface area contributed by atoms with Crippen LogP contribution < -0.4 is 14.8 Å². The first-order valence-corrected chi connectivity index (χ1v) is 6.58. The van der Waals surface area contributed by atoms with Gasteiger partial charge in [-0.2, -0.15) is 0 Å². The van der Waals surface area contributed by atoms with Crippen LogP contribution in [0.4, 0.5) is 0 Å². The molecule has 0 spiro atoms. The van der Waals surface area contributed by atoms with Crippen molar-refractivity contribution in [3.8, 4) is 17.2 Å². The molecule has 0 amide bonds. The van der Waals surface area contributed by atoms with Crippen molar-refractivity contribution in [3.05, 3.63) is 53.6 Å². The van der Waals surface area contributed by atoms with Crippen molar-refractivity contribution in [2.24, 2.45) is 0 Å². The second-order valence-electron chi connectivity index (χ2n) is 4.81. The molecule has 0 aromatic heterocycles. The zero-order valence-electron chi connectivity index (χ0n) is 11.3. The highest BCUT2D eigenvalue weighted by molar-refractivity contribution is 5.44. The van der Waals surface area contributed by atoms with E-state index in [1.807, 2.05) is 30.3 Å². The fourth-order valence-corrected chi connectivity index (χ4v) is 2.35. The number of aromatic hydroxyl groups is 1. The Hall–Kier alpha value is -2.20. The summed E-state index contributed by atoms with van der Waals surface area (Å²) in [5.41, 5.74) is 2.29. The van der Waals surface area contributed by atoms with Gasteiger partial charge in [0.1, 0.15) is 23.9 Å². The zero-order chi connectivity index (χ0) is 13.9. The summed E-state index contributed by atoms with van der Waals surface area (Å²) in [6.07, 6.45) is 0. The third-order valence-corrected chi connectivity index (χ3v) is 3.49. The highest BCUT2D eigenvalue weighted by Gasteiger charge is 2.23. The summed E-state index contributed by atoms with van der Waals surface area (Å²) < 4.78 is 10.7. The highest BCUT2D eigenvalue weighted by Crippen LogP contribution is 2.34. The Bertz CT molecular complexity index is 595. The lowest BCUT2D eigenvalue weighted by atomic mass is 10.1. The Balaban J connectivity index is 1.65. The van der Waals surface area contributed by atoms with Crippen LogP contribution in [-0.4, -0.2) is 18.8 Å². The van der Waals surface area contributed by atoms with Gasteiger partial charge in [0.15, 0.2) is 0 Å². The molecule has 0 bridgehead atoms. The topological polar surface area (TPSA) is 50.7 Å². The first-order chi connectivity index (χ1) is 9.76. The summed E-state index contributed by atoms with van der Waals surface area (Å²) in [5, 5.41) is 12.9. The molecule has 0 saturated carbocycles. The quantitative estimate of drug-likeness (QED) is 0.897. The number of fused-ring (bicyclic) bond motifs is 1. The second kappa shape index (κ2) is 5.43. The van der Waals surface area contributed by atoms with Crippen molar-refractivity contribution in [3.63, 3.8) is 0 Å². The van der Waals surface area contributed by atoms with E-state index in [2.05, 4.69) is 5.32 Å². The maximum atomic E-state index is 9.43. The molecule has 2 N–H and O–H groups in total. The molecule has 1 atom stereocenters. The maximum absolute atomic E-state index is 9.43. The minimum absolute atomic E-state index is 0.160. The molecule has 0 aliphatic carbocycles. The Morgan fingerprint density at radius 3 is 2.80 bits per heavy atom. The lowest BCUT2D eigenvalue weighted by Gasteiger charge is -2.12. The van der Waals surface area contributed by atoms with Crippen molar-refractivity contribution in [1.29, 1.82) is 0 Å². The molecular formula is C16H17NO3. The van der Waals surface area contributed by atoms with Crippen LogP contribution in [0.25, 0.3) is 0 Å². The molecule has 1 aliphatic rings. The van der Waals surface area contributed by atoms with Crippen LogP contribution in [0.5, 0.6) is 17.2 Å². The fraction of sp³-hybridized carbons (Fsp3) is 0.250. The Morgan fingerprint density at radius 1 is 1.25 bits per heavy atom. The largest absolute Gasteiger partial charge is 0.508 e. The smallest absolute Gasteiger partial charge is 0.127 e. The predicted octanol–water partition coefficient (Wildman–Crippen LogP) is 2.62. The van der Waals surface area contributed by atoms with Gasteiger partial charge in [0.2, 0.25) is 0 Å². The number of hydrogen-bond acceptors (Lipinski definition) is 4. The number of nitrogens with one attached hydrogen (secondary N) is 1. The van der Waals surface area contributed by atoms with Gasteiger partial charge in [0.05, 0.1) is 13.2 Å². The SMILES string of the molecule is COc1ccc(CNC2COc3cc(O)ccc32)cc1. The van der Waals surface area contributed by atoms with E-state index in [-0.39, 0.29) is 11.8 Å². The molecule has 0 radical (unpaired) electrons. The summed E-state index contributed by atoms with van der Waals surface area (Å²) in [6.45, 7) is 1.35. The Morgan fingerprint density at radius 2 is 2.05 bits per heavy atom. The second-order valence-corrected chi connectivity index (χ2v) is 4.81. The van der Waals surface area contributed by atoms with E-state index >= 15 is 0 Å². The molecule has 1 aliphatic heterocycles. The van der Waals surface area contributed by atoms with Gasteiger partial charge in [0.25, 0.3) is 0 Å². The lowest BCUT2D eigenvalue weighted by molar-refractivity contribution is 0.309. The van der Waals surface area contributed by atoms with Crippen molar-refractivity contribution in [2.45, 2.75) is 12.6 Å². The summed E-state index contributed by atoms with van der Waals surface area (Å²) in [6, 6.07) is 13.4. The minimum atomic E-state index is 0.160. The van der Waals surface area contributed by atoms with Gasteiger partial charge in [-0.05, 0) is 29.8 Å². The lowest BCUT2D eigenvalue weighted by Crippen LogP contribution is -2.21. The van der Waals surface area contributed by atoms with E-state index in [0.717, 1.165) is 23.6 Å². The number of benzene rings is 2. The van der Waals surface area contributed by atoms with Crippen LogP contribution in [0, 0.1) is 0 Å². The molecule has 0 fully saturated rings. The van der Waals surface area contributed by atoms with Crippen LogP contribution in [-0.2, 0) is 6.54 Å². The number of ether oxygens (including phenoxy) is 2. The predicted molar refractivity (Wildman–Crippen MR) is 76.2 cm³/mol. The average molecular weight is 271 g/mol. The van der Waals surface area contributed by atoms with E-state index < -0.39 is 0 Å². The maximum Gasteiger partial charge on any atom is 0.127 e. The number of methoxy groups -OCH3 is 1. The summed E-state index contributed by atoms with van der Waals surface area (Å²) in [7, 11) is 1.66. The summed E-state index contributed by atoms with van der Waals surface area (Å²) >= 11 is 0. The van der Waals surface area contributed by atoms with E-state index in [4.69, 9.17) is 9.47 Å². The summed E-state index contributed by atoms with van der Waals surface area (Å²) in [4.78, 5) is 0. The molecule has 2 aromatic rings. The van der Waals surface area contributed by atoms with Crippen molar-refractivity contribution in [1.82, 2.24) is 5.32 Å². The highest BCUT2D eigenvalue weighted by atomic mass is 16.5. The first-order valence-electron chi connectivity index (χ1n) is 6.58. The van der Waals surface area contributed by atoms with Gasteiger partial charge < -0.3 is 19.9 Å². The van der Waals surface area contributed by atoms with Crippen molar-refractivity contribution < 1.29 is 14.6 Å². The molecular weight excluding hydrogens is 254 g/mol. The minimum Gasteiger partial charge on any atom is -0.508 e. The van der Waals surface area contributed by atoms with Crippen LogP contribution in [0.2, 0.25) is 0 Å². The van der Waals surface area contributed by atoms with Gasteiger partial charge >= 0.3 is 0 Å². The van der Waals surface area contributed by atoms with E-state index in [1.165, 1.54) is 5.56 Å². The zero-order valence-corrected chi connectivity index (χ0v) is 11.3. The van der Waals surface area contributed by atoms with E-state index in [9.17, 15) is 5.11 Å². The monoisotopic (exact) mass is 271 g/mol. The van der Waals surface area contributed by atoms with Gasteiger partial charge in [-0.15, -0.1) is 0 Å². The van der Waals surface area contributed by atoms with Crippen molar-refractivity contribution in [2.75, 3.05) is 13.7 Å². The van der Waals surface area contributed by atoms with Gasteiger partial charge in [-0.1, -0.05) is 12.1 Å². The number of rotatable bonds is 4. The fourth-order valence-electron chi connectivity index (χ4n) is 2.35. The van der Waals surface area contributed by atoms with Gasteiger partial charge in [0, 0.05) is 18.2 Å². The Kier molecular flexibility index (Phi) is 3.48. The number of hydrogen-bond donors (Lipinski definition) is 2. The molecule has 0 saturated heterocycles. The van der Waals surface area contributed by atoms with E-state index in [1.54, 1.807) is 19.2 Å². The number of phenolic OH excluding ortho intramolecular Hbond substituents is 1. The standard InChI is InChI=1S/C16H17NO3/c1-19-13-5-2-11(3-6-13)9-17-15-10-20-16-8-12(18)4-7-14(15)16/h2-8,15,17-18H,9-10H2,1H3. The van der Waals surface area contributed by atoms with Gasteiger partial charge in [-0.3, -0.25) is 0 Å². The van der Waals surface area contributed by atoms with Gasteiger partial charge in [-0.25, -0.2) is 0 Å². The normalized spacial score (nSPS) is 16.6. The molecule has 4 heteroatoms. The third-order valence-electron chi connectivity index (χ3n) is 3.49. The molecule has 20 heavy (non-hydrogen) atoms.